The predicted octanol–water partition coefficient (Wildman–Crippen LogP) is 1.89. The van der Waals surface area contributed by atoms with Gasteiger partial charge < -0.3 is 4.90 Å². The van der Waals surface area contributed by atoms with Crippen molar-refractivity contribution >= 4 is 5.91 Å². The maximum Gasteiger partial charge on any atom is 0.222 e. The van der Waals surface area contributed by atoms with Crippen LogP contribution in [0.1, 0.15) is 55.5 Å². The first-order valence-electron chi connectivity index (χ1n) is 9.28. The molecule has 4 rings (SSSR count). The molecule has 5 nitrogen and oxygen atoms in total. The number of carbonyl (C=O) groups is 1. The Bertz CT molecular complexity index is 586. The van der Waals surface area contributed by atoms with Gasteiger partial charge in [-0.05, 0) is 50.5 Å². The van der Waals surface area contributed by atoms with Crippen LogP contribution in [0.5, 0.6) is 0 Å². The van der Waals surface area contributed by atoms with Crippen LogP contribution in [0.4, 0.5) is 0 Å². The van der Waals surface area contributed by atoms with Crippen LogP contribution in [0.3, 0.4) is 0 Å². The van der Waals surface area contributed by atoms with E-state index in [2.05, 4.69) is 21.5 Å². The number of rotatable bonds is 3. The molecular formula is C18H28N4O. The van der Waals surface area contributed by atoms with Gasteiger partial charge in [0.05, 0.1) is 11.4 Å². The normalized spacial score (nSPS) is 23.5. The molecule has 0 radical (unpaired) electrons. The van der Waals surface area contributed by atoms with Gasteiger partial charge in [-0.25, -0.2) is 0 Å². The van der Waals surface area contributed by atoms with Crippen LogP contribution >= 0.6 is 0 Å². The number of fused-ring (bicyclic) bond motifs is 1. The van der Waals surface area contributed by atoms with E-state index in [1.807, 2.05) is 0 Å². The Hall–Kier alpha value is -1.36. The van der Waals surface area contributed by atoms with Gasteiger partial charge in [0.25, 0.3) is 0 Å². The summed E-state index contributed by atoms with van der Waals surface area (Å²) in [6.07, 6.45) is 9.04. The number of likely N-dealkylation sites (tertiary alicyclic amines) is 2. The summed E-state index contributed by atoms with van der Waals surface area (Å²) in [7, 11) is 2.10. The molecule has 0 saturated carbocycles. The highest BCUT2D eigenvalue weighted by atomic mass is 16.2. The predicted molar refractivity (Wildman–Crippen MR) is 89.1 cm³/mol. The molecule has 0 atom stereocenters. The van der Waals surface area contributed by atoms with Gasteiger partial charge in [0, 0.05) is 45.7 Å². The summed E-state index contributed by atoms with van der Waals surface area (Å²) in [6.45, 7) is 4.22. The van der Waals surface area contributed by atoms with Gasteiger partial charge in [-0.3, -0.25) is 14.4 Å². The van der Waals surface area contributed by atoms with Crippen LogP contribution in [-0.4, -0.2) is 51.2 Å². The van der Waals surface area contributed by atoms with Crippen molar-refractivity contribution in [1.82, 2.24) is 19.6 Å². The molecule has 2 saturated heterocycles. The highest BCUT2D eigenvalue weighted by Gasteiger charge is 2.31. The van der Waals surface area contributed by atoms with Crippen molar-refractivity contribution < 1.29 is 4.79 Å². The van der Waals surface area contributed by atoms with Gasteiger partial charge in [0.2, 0.25) is 5.91 Å². The van der Waals surface area contributed by atoms with E-state index in [9.17, 15) is 4.79 Å². The minimum absolute atomic E-state index is 0.379. The molecule has 2 aliphatic heterocycles. The van der Waals surface area contributed by atoms with Crippen LogP contribution in [0.2, 0.25) is 0 Å². The summed E-state index contributed by atoms with van der Waals surface area (Å²) in [6, 6.07) is 0.488. The summed E-state index contributed by atoms with van der Waals surface area (Å²) in [5.41, 5.74) is 4.29. The minimum atomic E-state index is 0.379. The lowest BCUT2D eigenvalue weighted by Gasteiger charge is -2.36. The summed E-state index contributed by atoms with van der Waals surface area (Å²) in [5.74, 6) is 0.379. The van der Waals surface area contributed by atoms with Crippen molar-refractivity contribution in [2.45, 2.75) is 64.0 Å². The summed E-state index contributed by atoms with van der Waals surface area (Å²) >= 11 is 0. The smallest absolute Gasteiger partial charge is 0.222 e. The molecule has 1 amide bonds. The first-order chi connectivity index (χ1) is 11.2. The second-order valence-electron chi connectivity index (χ2n) is 7.40. The van der Waals surface area contributed by atoms with Crippen LogP contribution in [-0.2, 0) is 31.2 Å². The molecule has 0 spiro atoms. The van der Waals surface area contributed by atoms with Crippen molar-refractivity contribution in [3.8, 4) is 0 Å². The number of aryl methyl sites for hydroxylation is 2. The third-order valence-corrected chi connectivity index (χ3v) is 5.93. The maximum absolute atomic E-state index is 11.9. The molecule has 126 valence electrons. The largest absolute Gasteiger partial charge is 0.340 e. The molecule has 0 N–H and O–H groups in total. The average molecular weight is 316 g/mol. The first kappa shape index (κ1) is 15.2. The number of hydrogen-bond donors (Lipinski definition) is 0. The van der Waals surface area contributed by atoms with Crippen LogP contribution in [0.15, 0.2) is 0 Å². The minimum Gasteiger partial charge on any atom is -0.340 e. The van der Waals surface area contributed by atoms with Gasteiger partial charge in [-0.2, -0.15) is 5.10 Å². The summed E-state index contributed by atoms with van der Waals surface area (Å²) in [5, 5.41) is 4.74. The Labute approximate surface area is 138 Å². The fraction of sp³-hybridized carbons (Fsp3) is 0.778. The molecule has 0 unspecified atom stereocenters. The van der Waals surface area contributed by atoms with Gasteiger partial charge in [0.15, 0.2) is 0 Å². The number of nitrogens with zero attached hydrogens (tertiary/aromatic N) is 4. The lowest BCUT2D eigenvalue weighted by atomic mass is 9.95. The maximum atomic E-state index is 11.9. The zero-order valence-electron chi connectivity index (χ0n) is 14.3. The summed E-state index contributed by atoms with van der Waals surface area (Å²) < 4.78 is 2.12. The molecule has 1 aromatic rings. The van der Waals surface area contributed by atoms with Crippen molar-refractivity contribution in [2.75, 3.05) is 19.6 Å². The van der Waals surface area contributed by atoms with Gasteiger partial charge >= 0.3 is 0 Å². The topological polar surface area (TPSA) is 41.4 Å². The number of carbonyl (C=O) groups excluding carboxylic acids is 1. The fourth-order valence-corrected chi connectivity index (χ4v) is 4.60. The fourth-order valence-electron chi connectivity index (χ4n) is 4.60. The Balaban J connectivity index is 1.38. The van der Waals surface area contributed by atoms with E-state index in [0.29, 0.717) is 11.9 Å². The average Bonchev–Trinajstić information content (AvgIpc) is 3.12. The molecule has 2 fully saturated rings. The number of hydrogen-bond acceptors (Lipinski definition) is 3. The van der Waals surface area contributed by atoms with Crippen molar-refractivity contribution in [3.63, 3.8) is 0 Å². The Morgan fingerprint density at radius 2 is 1.83 bits per heavy atom. The van der Waals surface area contributed by atoms with E-state index in [1.54, 1.807) is 0 Å². The van der Waals surface area contributed by atoms with Crippen molar-refractivity contribution in [2.24, 2.45) is 7.05 Å². The molecule has 0 aromatic carbocycles. The van der Waals surface area contributed by atoms with Crippen molar-refractivity contribution in [3.05, 3.63) is 17.0 Å². The third-order valence-electron chi connectivity index (χ3n) is 5.93. The molecular weight excluding hydrogens is 288 g/mol. The van der Waals surface area contributed by atoms with Crippen molar-refractivity contribution in [1.29, 1.82) is 0 Å². The Morgan fingerprint density at radius 1 is 1.04 bits per heavy atom. The monoisotopic (exact) mass is 316 g/mol. The Kier molecular flexibility index (Phi) is 4.14. The quantitative estimate of drug-likeness (QED) is 0.855. The number of amides is 1. The van der Waals surface area contributed by atoms with Gasteiger partial charge in [-0.15, -0.1) is 0 Å². The molecule has 3 aliphatic rings. The van der Waals surface area contributed by atoms with E-state index in [0.717, 1.165) is 58.3 Å². The summed E-state index contributed by atoms with van der Waals surface area (Å²) in [4.78, 5) is 16.6. The molecule has 1 aromatic heterocycles. The third kappa shape index (κ3) is 2.91. The number of piperidine rings is 1. The first-order valence-corrected chi connectivity index (χ1v) is 9.28. The lowest BCUT2D eigenvalue weighted by Crippen LogP contribution is -2.45. The van der Waals surface area contributed by atoms with E-state index in [4.69, 9.17) is 5.10 Å². The zero-order valence-corrected chi connectivity index (χ0v) is 14.3. The van der Waals surface area contributed by atoms with Crippen LogP contribution in [0, 0.1) is 0 Å². The number of aromatic nitrogens is 2. The molecule has 5 heteroatoms. The molecule has 0 bridgehead atoms. The van der Waals surface area contributed by atoms with Crippen LogP contribution in [0.25, 0.3) is 0 Å². The van der Waals surface area contributed by atoms with Gasteiger partial charge in [-0.1, -0.05) is 0 Å². The second kappa shape index (κ2) is 6.27. The second-order valence-corrected chi connectivity index (χ2v) is 7.40. The molecule has 23 heavy (non-hydrogen) atoms. The Morgan fingerprint density at radius 3 is 2.57 bits per heavy atom. The van der Waals surface area contributed by atoms with E-state index in [-0.39, 0.29) is 0 Å². The lowest BCUT2D eigenvalue weighted by molar-refractivity contribution is -0.130. The highest BCUT2D eigenvalue weighted by Crippen LogP contribution is 2.27. The molecule has 1 aliphatic carbocycles. The SMILES string of the molecule is Cn1nc2c(c1CN1CCC(N3CCCC3=O)CC1)CCCC2. The van der Waals surface area contributed by atoms with E-state index >= 15 is 0 Å². The van der Waals surface area contributed by atoms with Crippen LogP contribution < -0.4 is 0 Å². The van der Waals surface area contributed by atoms with E-state index in [1.165, 1.54) is 36.2 Å². The van der Waals surface area contributed by atoms with Gasteiger partial charge in [0.1, 0.15) is 0 Å². The highest BCUT2D eigenvalue weighted by molar-refractivity contribution is 5.78. The van der Waals surface area contributed by atoms with E-state index < -0.39 is 0 Å². The molecule has 3 heterocycles. The zero-order chi connectivity index (χ0) is 15.8. The standard InChI is InChI=1S/C18H28N4O/c1-20-17(15-5-2-3-6-16(15)19-20)13-21-11-8-14(9-12-21)22-10-4-7-18(22)23/h14H,2-13H2,1H3.